The van der Waals surface area contributed by atoms with E-state index in [1.165, 1.54) is 23.1 Å². The van der Waals surface area contributed by atoms with Crippen LogP contribution in [0.15, 0.2) is 28.6 Å². The van der Waals surface area contributed by atoms with Gasteiger partial charge in [0, 0.05) is 43.0 Å². The summed E-state index contributed by atoms with van der Waals surface area (Å²) < 4.78 is 0.803. The predicted octanol–water partition coefficient (Wildman–Crippen LogP) is 3.27. The first-order chi connectivity index (χ1) is 13.7. The Kier molecular flexibility index (Phi) is 6.79. The molecule has 0 atom stereocenters. The molecule has 9 heteroatoms. The van der Waals surface area contributed by atoms with Crippen LogP contribution in [-0.2, 0) is 9.59 Å². The standard InChI is InChI=1S/C20H27N5O2S2/c1-14-22-23-19(29-14)28-13-17(26)21-15-5-7-16(8-6-15)24-9-11-25(12-10-24)18(27)20(2,3)4/h5-8H,9-13H2,1-4H3,(H,21,26). The van der Waals surface area contributed by atoms with Crippen LogP contribution in [0.4, 0.5) is 11.4 Å². The molecule has 1 N–H and O–H groups in total. The number of carbonyl (C=O) groups is 2. The van der Waals surface area contributed by atoms with E-state index in [9.17, 15) is 9.59 Å². The number of amides is 2. The molecule has 0 aliphatic carbocycles. The lowest BCUT2D eigenvalue weighted by Crippen LogP contribution is -2.51. The number of hydrogen-bond acceptors (Lipinski definition) is 7. The first-order valence-corrected chi connectivity index (χ1v) is 11.4. The van der Waals surface area contributed by atoms with E-state index in [1.54, 1.807) is 0 Å². The number of hydrogen-bond donors (Lipinski definition) is 1. The third-order valence-corrected chi connectivity index (χ3v) is 6.53. The summed E-state index contributed by atoms with van der Waals surface area (Å²) in [5.74, 6) is 0.446. The minimum Gasteiger partial charge on any atom is -0.368 e. The SMILES string of the molecule is Cc1nnc(SCC(=O)Nc2ccc(N3CCN(C(=O)C(C)(C)C)CC3)cc2)s1. The maximum Gasteiger partial charge on any atom is 0.234 e. The normalized spacial score (nSPS) is 14.8. The van der Waals surface area contributed by atoms with Gasteiger partial charge in [0.25, 0.3) is 0 Å². The Morgan fingerprint density at radius 3 is 2.31 bits per heavy atom. The third kappa shape index (κ3) is 5.93. The minimum atomic E-state index is -0.338. The molecular weight excluding hydrogens is 406 g/mol. The molecule has 1 aromatic heterocycles. The van der Waals surface area contributed by atoms with E-state index >= 15 is 0 Å². The number of aryl methyl sites for hydroxylation is 1. The number of nitrogens with zero attached hydrogens (tertiary/aromatic N) is 4. The van der Waals surface area contributed by atoms with Crippen molar-refractivity contribution in [1.29, 1.82) is 0 Å². The fourth-order valence-electron chi connectivity index (χ4n) is 3.06. The van der Waals surface area contributed by atoms with E-state index in [2.05, 4.69) is 20.4 Å². The Bertz CT molecular complexity index is 853. The fourth-order valence-corrected chi connectivity index (χ4v) is 4.67. The molecule has 3 rings (SSSR count). The molecule has 1 aliphatic rings. The highest BCUT2D eigenvalue weighted by atomic mass is 32.2. The van der Waals surface area contributed by atoms with Gasteiger partial charge in [-0.15, -0.1) is 10.2 Å². The Labute approximate surface area is 179 Å². The molecule has 1 aromatic carbocycles. The summed E-state index contributed by atoms with van der Waals surface area (Å²) in [4.78, 5) is 28.8. The lowest BCUT2D eigenvalue weighted by atomic mass is 9.94. The maximum absolute atomic E-state index is 12.4. The Morgan fingerprint density at radius 2 is 1.76 bits per heavy atom. The van der Waals surface area contributed by atoms with Gasteiger partial charge in [-0.1, -0.05) is 43.9 Å². The number of thioether (sulfide) groups is 1. The molecule has 1 saturated heterocycles. The highest BCUT2D eigenvalue weighted by molar-refractivity contribution is 8.01. The van der Waals surface area contributed by atoms with Gasteiger partial charge >= 0.3 is 0 Å². The van der Waals surface area contributed by atoms with Crippen molar-refractivity contribution in [2.75, 3.05) is 42.1 Å². The number of aromatic nitrogens is 2. The van der Waals surface area contributed by atoms with E-state index in [1.807, 2.05) is 56.9 Å². The van der Waals surface area contributed by atoms with Crippen molar-refractivity contribution in [2.24, 2.45) is 5.41 Å². The van der Waals surface area contributed by atoms with Gasteiger partial charge in [-0.05, 0) is 31.2 Å². The fraction of sp³-hybridized carbons (Fsp3) is 0.500. The molecule has 29 heavy (non-hydrogen) atoms. The molecule has 1 fully saturated rings. The van der Waals surface area contributed by atoms with E-state index in [-0.39, 0.29) is 17.2 Å². The van der Waals surface area contributed by atoms with Crippen molar-refractivity contribution in [3.05, 3.63) is 29.3 Å². The van der Waals surface area contributed by atoms with Gasteiger partial charge in [0.05, 0.1) is 5.75 Å². The third-order valence-electron chi connectivity index (χ3n) is 4.56. The summed E-state index contributed by atoms with van der Waals surface area (Å²) in [6.45, 7) is 10.9. The molecule has 0 spiro atoms. The zero-order valence-electron chi connectivity index (χ0n) is 17.3. The molecule has 7 nitrogen and oxygen atoms in total. The molecular formula is C20H27N5O2S2. The quantitative estimate of drug-likeness (QED) is 0.729. The molecule has 0 unspecified atom stereocenters. The summed E-state index contributed by atoms with van der Waals surface area (Å²) in [7, 11) is 0. The molecule has 1 aliphatic heterocycles. The summed E-state index contributed by atoms with van der Waals surface area (Å²) in [5.41, 5.74) is 1.54. The van der Waals surface area contributed by atoms with Crippen LogP contribution in [0.5, 0.6) is 0 Å². The average Bonchev–Trinajstić information content (AvgIpc) is 3.11. The minimum absolute atomic E-state index is 0.0649. The van der Waals surface area contributed by atoms with Gasteiger partial charge in [-0.25, -0.2) is 0 Å². The van der Waals surface area contributed by atoms with Gasteiger partial charge in [-0.3, -0.25) is 9.59 Å². The number of rotatable bonds is 5. The maximum atomic E-state index is 12.4. The highest BCUT2D eigenvalue weighted by Crippen LogP contribution is 2.24. The highest BCUT2D eigenvalue weighted by Gasteiger charge is 2.29. The first-order valence-electron chi connectivity index (χ1n) is 9.59. The number of nitrogens with one attached hydrogen (secondary N) is 1. The molecule has 2 aromatic rings. The van der Waals surface area contributed by atoms with Crippen molar-refractivity contribution in [2.45, 2.75) is 32.0 Å². The zero-order valence-corrected chi connectivity index (χ0v) is 18.9. The van der Waals surface area contributed by atoms with Gasteiger partial charge in [0.1, 0.15) is 5.01 Å². The van der Waals surface area contributed by atoms with Crippen LogP contribution in [0.2, 0.25) is 0 Å². The van der Waals surface area contributed by atoms with Crippen molar-refractivity contribution in [1.82, 2.24) is 15.1 Å². The number of anilines is 2. The molecule has 2 amide bonds. The number of carbonyl (C=O) groups excluding carboxylic acids is 2. The molecule has 0 bridgehead atoms. The summed E-state index contributed by atoms with van der Waals surface area (Å²) >= 11 is 2.88. The lowest BCUT2D eigenvalue weighted by Gasteiger charge is -2.38. The van der Waals surface area contributed by atoms with E-state index in [0.29, 0.717) is 5.75 Å². The topological polar surface area (TPSA) is 78.4 Å². The second kappa shape index (κ2) is 9.13. The smallest absolute Gasteiger partial charge is 0.234 e. The van der Waals surface area contributed by atoms with Crippen LogP contribution in [0.1, 0.15) is 25.8 Å². The van der Waals surface area contributed by atoms with Gasteiger partial charge < -0.3 is 15.1 Å². The molecule has 2 heterocycles. The number of piperazine rings is 1. The van der Waals surface area contributed by atoms with Crippen LogP contribution in [0.25, 0.3) is 0 Å². The second-order valence-electron chi connectivity index (χ2n) is 8.00. The first kappa shape index (κ1) is 21.6. The summed E-state index contributed by atoms with van der Waals surface area (Å²) in [6.07, 6.45) is 0. The van der Waals surface area contributed by atoms with Gasteiger partial charge in [-0.2, -0.15) is 0 Å². The monoisotopic (exact) mass is 433 g/mol. The molecule has 0 saturated carbocycles. The zero-order chi connectivity index (χ0) is 21.0. The van der Waals surface area contributed by atoms with Crippen molar-refractivity contribution in [3.8, 4) is 0 Å². The summed E-state index contributed by atoms with van der Waals surface area (Å²) in [5, 5.41) is 11.8. The van der Waals surface area contributed by atoms with E-state index < -0.39 is 0 Å². The van der Waals surface area contributed by atoms with Crippen LogP contribution in [-0.4, -0.2) is 58.8 Å². The predicted molar refractivity (Wildman–Crippen MR) is 119 cm³/mol. The van der Waals surface area contributed by atoms with Crippen molar-refractivity contribution >= 4 is 46.3 Å². The van der Waals surface area contributed by atoms with E-state index in [0.717, 1.165) is 46.9 Å². The lowest BCUT2D eigenvalue weighted by molar-refractivity contribution is -0.139. The van der Waals surface area contributed by atoms with Gasteiger partial charge in [0.15, 0.2) is 4.34 Å². The molecule has 156 valence electrons. The van der Waals surface area contributed by atoms with Crippen LogP contribution >= 0.6 is 23.1 Å². The van der Waals surface area contributed by atoms with Gasteiger partial charge in [0.2, 0.25) is 11.8 Å². The summed E-state index contributed by atoms with van der Waals surface area (Å²) in [6, 6.07) is 7.86. The van der Waals surface area contributed by atoms with Crippen LogP contribution in [0, 0.1) is 12.3 Å². The Hall–Kier alpha value is -2.13. The van der Waals surface area contributed by atoms with Crippen molar-refractivity contribution < 1.29 is 9.59 Å². The number of benzene rings is 1. The van der Waals surface area contributed by atoms with Crippen LogP contribution < -0.4 is 10.2 Å². The van der Waals surface area contributed by atoms with Crippen LogP contribution in [0.3, 0.4) is 0 Å². The molecule has 0 radical (unpaired) electrons. The average molecular weight is 434 g/mol. The second-order valence-corrected chi connectivity index (χ2v) is 10.4. The largest absolute Gasteiger partial charge is 0.368 e. The Morgan fingerprint density at radius 1 is 1.10 bits per heavy atom. The van der Waals surface area contributed by atoms with Crippen molar-refractivity contribution in [3.63, 3.8) is 0 Å². The Balaban J connectivity index is 1.47. The van der Waals surface area contributed by atoms with E-state index in [4.69, 9.17) is 0 Å².